The molecule has 4 heteroatoms. The molecule has 0 amide bonds. The quantitative estimate of drug-likeness (QED) is 0.615. The average Bonchev–Trinajstić information content (AvgIpc) is 2.65. The molecule has 1 N–H and O–H groups in total. The Morgan fingerprint density at radius 3 is 2.40 bits per heavy atom. The van der Waals surface area contributed by atoms with Crippen LogP contribution in [0.5, 0.6) is 5.75 Å². The first-order chi connectivity index (χ1) is 12.2. The zero-order valence-electron chi connectivity index (χ0n) is 16.1. The Kier molecular flexibility index (Phi) is 9.12. The van der Waals surface area contributed by atoms with Crippen LogP contribution < -0.4 is 9.64 Å². The summed E-state index contributed by atoms with van der Waals surface area (Å²) in [4.78, 5) is 4.78. The van der Waals surface area contributed by atoms with E-state index in [1.807, 2.05) is 12.1 Å². The normalized spacial score (nSPS) is 16.8. The van der Waals surface area contributed by atoms with E-state index in [2.05, 4.69) is 28.9 Å². The van der Waals surface area contributed by atoms with Crippen LogP contribution in [0, 0.1) is 0 Å². The predicted molar refractivity (Wildman–Crippen MR) is 106 cm³/mol. The van der Waals surface area contributed by atoms with Gasteiger partial charge >= 0.3 is 0 Å². The topological polar surface area (TPSA) is 35.9 Å². The number of methoxy groups -OCH3 is 1. The zero-order chi connectivity index (χ0) is 17.9. The van der Waals surface area contributed by atoms with E-state index in [-0.39, 0.29) is 6.10 Å². The minimum absolute atomic E-state index is 0.177. The van der Waals surface area contributed by atoms with E-state index in [0.717, 1.165) is 51.3 Å². The highest BCUT2D eigenvalue weighted by atomic mass is 16.5. The van der Waals surface area contributed by atoms with Gasteiger partial charge in [0.25, 0.3) is 0 Å². The summed E-state index contributed by atoms with van der Waals surface area (Å²) in [7, 11) is 1.73. The van der Waals surface area contributed by atoms with Crippen LogP contribution in [0.15, 0.2) is 24.3 Å². The number of hydrogen-bond acceptors (Lipinski definition) is 4. The number of benzene rings is 1. The fourth-order valence-corrected chi connectivity index (χ4v) is 3.61. The van der Waals surface area contributed by atoms with Crippen LogP contribution in [0.2, 0.25) is 0 Å². The number of β-amino-alcohol motifs (C(OH)–C–C–N with tert-alkyl or cyclic N) is 1. The van der Waals surface area contributed by atoms with E-state index in [1.54, 1.807) is 7.11 Å². The molecule has 25 heavy (non-hydrogen) atoms. The van der Waals surface area contributed by atoms with E-state index >= 15 is 0 Å². The van der Waals surface area contributed by atoms with Gasteiger partial charge in [-0.2, -0.15) is 0 Å². The number of aliphatic hydroxyl groups is 1. The highest BCUT2D eigenvalue weighted by Gasteiger charge is 2.21. The van der Waals surface area contributed by atoms with Gasteiger partial charge in [0.15, 0.2) is 0 Å². The molecule has 0 aliphatic carbocycles. The minimum atomic E-state index is -0.177. The van der Waals surface area contributed by atoms with Crippen molar-refractivity contribution in [2.75, 3.05) is 44.7 Å². The molecule has 1 aliphatic heterocycles. The van der Waals surface area contributed by atoms with Crippen LogP contribution in [0.25, 0.3) is 0 Å². The lowest BCUT2D eigenvalue weighted by Crippen LogP contribution is -2.48. The fourth-order valence-electron chi connectivity index (χ4n) is 3.61. The third-order valence-corrected chi connectivity index (χ3v) is 5.16. The maximum absolute atomic E-state index is 10.3. The van der Waals surface area contributed by atoms with E-state index < -0.39 is 0 Å². The number of unbranched alkanes of at least 4 members (excludes halogenated alkanes) is 5. The second-order valence-electron chi connectivity index (χ2n) is 7.17. The van der Waals surface area contributed by atoms with Gasteiger partial charge in [-0.05, 0) is 18.6 Å². The fraction of sp³-hybridized carbons (Fsp3) is 0.714. The summed E-state index contributed by atoms with van der Waals surface area (Å²) in [5.74, 6) is 0.944. The molecule has 1 aliphatic rings. The van der Waals surface area contributed by atoms with Gasteiger partial charge < -0.3 is 14.7 Å². The van der Waals surface area contributed by atoms with Gasteiger partial charge in [-0.15, -0.1) is 0 Å². The first-order valence-electron chi connectivity index (χ1n) is 10.0. The van der Waals surface area contributed by atoms with E-state index in [1.165, 1.54) is 37.8 Å². The van der Waals surface area contributed by atoms with Gasteiger partial charge in [-0.3, -0.25) is 4.90 Å². The summed E-state index contributed by atoms with van der Waals surface area (Å²) < 4.78 is 5.47. The molecule has 0 bridgehead atoms. The number of hydrogen-bond donors (Lipinski definition) is 1. The third kappa shape index (κ3) is 6.87. The zero-order valence-corrected chi connectivity index (χ0v) is 16.1. The Balaban J connectivity index is 1.64. The van der Waals surface area contributed by atoms with Gasteiger partial charge in [0.1, 0.15) is 5.75 Å². The number of para-hydroxylation sites is 2. The van der Waals surface area contributed by atoms with Gasteiger partial charge in [0.05, 0.1) is 18.9 Å². The molecular formula is C21H36N2O2. The molecule has 4 nitrogen and oxygen atoms in total. The number of anilines is 1. The third-order valence-electron chi connectivity index (χ3n) is 5.16. The summed E-state index contributed by atoms with van der Waals surface area (Å²) in [6.07, 6.45) is 8.49. The predicted octanol–water partition coefficient (Wildman–Crippen LogP) is 3.93. The molecular weight excluding hydrogens is 312 g/mol. The van der Waals surface area contributed by atoms with Crippen LogP contribution in [-0.4, -0.2) is 55.9 Å². The first kappa shape index (κ1) is 20.1. The van der Waals surface area contributed by atoms with Crippen molar-refractivity contribution in [2.45, 2.75) is 58.0 Å². The Morgan fingerprint density at radius 1 is 1.00 bits per heavy atom. The van der Waals surface area contributed by atoms with Crippen LogP contribution in [0.4, 0.5) is 5.69 Å². The van der Waals surface area contributed by atoms with Crippen LogP contribution in [0.1, 0.15) is 51.9 Å². The Labute approximate surface area is 153 Å². The second-order valence-corrected chi connectivity index (χ2v) is 7.17. The van der Waals surface area contributed by atoms with Crippen molar-refractivity contribution in [1.29, 1.82) is 0 Å². The van der Waals surface area contributed by atoms with Crippen molar-refractivity contribution in [3.8, 4) is 5.75 Å². The summed E-state index contributed by atoms with van der Waals surface area (Å²) >= 11 is 0. The number of nitrogens with zero attached hydrogens (tertiary/aromatic N) is 2. The Hall–Kier alpha value is -1.26. The Morgan fingerprint density at radius 2 is 1.68 bits per heavy atom. The Bertz CT molecular complexity index is 473. The molecule has 1 fully saturated rings. The molecule has 1 aromatic carbocycles. The standard InChI is InChI=1S/C21H36N2O2/c1-3-4-5-6-7-8-11-19(24)18-22-14-16-23(17-15-22)20-12-9-10-13-21(20)25-2/h9-10,12-13,19,24H,3-8,11,14-18H2,1-2H3. The molecule has 1 heterocycles. The van der Waals surface area contributed by atoms with Crippen molar-refractivity contribution in [1.82, 2.24) is 4.90 Å². The van der Waals surface area contributed by atoms with Crippen molar-refractivity contribution in [2.24, 2.45) is 0 Å². The number of piperazine rings is 1. The largest absolute Gasteiger partial charge is 0.495 e. The number of rotatable bonds is 11. The molecule has 0 radical (unpaired) electrons. The van der Waals surface area contributed by atoms with Gasteiger partial charge in [0.2, 0.25) is 0 Å². The summed E-state index contributed by atoms with van der Waals surface area (Å²) in [5, 5.41) is 10.3. The molecule has 0 aromatic heterocycles. The van der Waals surface area contributed by atoms with Crippen LogP contribution in [-0.2, 0) is 0 Å². The smallest absolute Gasteiger partial charge is 0.142 e. The molecule has 0 spiro atoms. The second kappa shape index (κ2) is 11.4. The molecule has 1 saturated heterocycles. The van der Waals surface area contributed by atoms with Gasteiger partial charge in [-0.25, -0.2) is 0 Å². The van der Waals surface area contributed by atoms with E-state index in [0.29, 0.717) is 0 Å². The average molecular weight is 349 g/mol. The van der Waals surface area contributed by atoms with Crippen molar-refractivity contribution >= 4 is 5.69 Å². The van der Waals surface area contributed by atoms with Crippen LogP contribution >= 0.6 is 0 Å². The highest BCUT2D eigenvalue weighted by molar-refractivity contribution is 5.58. The summed E-state index contributed by atoms with van der Waals surface area (Å²) in [6, 6.07) is 8.22. The van der Waals surface area contributed by atoms with Crippen LogP contribution in [0.3, 0.4) is 0 Å². The maximum atomic E-state index is 10.3. The molecule has 142 valence electrons. The van der Waals surface area contributed by atoms with E-state index in [4.69, 9.17) is 4.74 Å². The molecule has 2 rings (SSSR count). The molecule has 1 aromatic rings. The first-order valence-corrected chi connectivity index (χ1v) is 10.0. The lowest BCUT2D eigenvalue weighted by atomic mass is 10.1. The monoisotopic (exact) mass is 348 g/mol. The molecule has 0 saturated carbocycles. The van der Waals surface area contributed by atoms with E-state index in [9.17, 15) is 5.11 Å². The maximum Gasteiger partial charge on any atom is 0.142 e. The van der Waals surface area contributed by atoms with Crippen molar-refractivity contribution in [3.63, 3.8) is 0 Å². The molecule has 1 atom stereocenters. The van der Waals surface area contributed by atoms with Gasteiger partial charge in [-0.1, -0.05) is 57.6 Å². The minimum Gasteiger partial charge on any atom is -0.495 e. The lowest BCUT2D eigenvalue weighted by Gasteiger charge is -2.37. The lowest BCUT2D eigenvalue weighted by molar-refractivity contribution is 0.0996. The van der Waals surface area contributed by atoms with Gasteiger partial charge in [0, 0.05) is 32.7 Å². The summed E-state index contributed by atoms with van der Waals surface area (Å²) in [6.45, 7) is 7.05. The number of aliphatic hydroxyl groups excluding tert-OH is 1. The summed E-state index contributed by atoms with van der Waals surface area (Å²) in [5.41, 5.74) is 1.18. The molecule has 1 unspecified atom stereocenters. The van der Waals surface area contributed by atoms with Crippen molar-refractivity contribution in [3.05, 3.63) is 24.3 Å². The SMILES string of the molecule is CCCCCCCCC(O)CN1CCN(c2ccccc2OC)CC1. The highest BCUT2D eigenvalue weighted by Crippen LogP contribution is 2.28. The van der Waals surface area contributed by atoms with Crippen molar-refractivity contribution < 1.29 is 9.84 Å². The number of ether oxygens (including phenoxy) is 1.